The number of aromatic nitrogens is 2. The van der Waals surface area contributed by atoms with Crippen LogP contribution >= 0.6 is 15.9 Å². The molecule has 5 nitrogen and oxygen atoms in total. The third kappa shape index (κ3) is 2.61. The van der Waals surface area contributed by atoms with Crippen molar-refractivity contribution < 1.29 is 13.7 Å². The second-order valence-electron chi connectivity index (χ2n) is 4.64. The van der Waals surface area contributed by atoms with E-state index in [0.717, 1.165) is 12.8 Å². The Hall–Kier alpha value is -1.31. The number of hydrogen-bond donors (Lipinski definition) is 1. The first-order valence-electron chi connectivity index (χ1n) is 6.32. The minimum absolute atomic E-state index is 0.0490. The molecule has 106 valence electrons. The molecule has 3 rings (SSSR count). The van der Waals surface area contributed by atoms with Gasteiger partial charge in [-0.25, -0.2) is 4.39 Å². The lowest BCUT2D eigenvalue weighted by molar-refractivity contribution is 0.0307. The Kier molecular flexibility index (Phi) is 3.82. The van der Waals surface area contributed by atoms with E-state index in [-0.39, 0.29) is 18.0 Å². The van der Waals surface area contributed by atoms with Crippen LogP contribution in [0.5, 0.6) is 0 Å². The molecule has 1 aromatic carbocycles. The number of nitrogens with two attached hydrogens (primary N) is 1. The fraction of sp³-hybridized carbons (Fsp3) is 0.385. The van der Waals surface area contributed by atoms with Crippen LogP contribution in [-0.4, -0.2) is 22.8 Å². The van der Waals surface area contributed by atoms with E-state index in [0.29, 0.717) is 28.3 Å². The highest BCUT2D eigenvalue weighted by atomic mass is 79.9. The van der Waals surface area contributed by atoms with Crippen molar-refractivity contribution in [3.63, 3.8) is 0 Å². The maximum Gasteiger partial charge on any atom is 0.256 e. The molecule has 2 heterocycles. The first-order chi connectivity index (χ1) is 9.67. The molecule has 1 saturated heterocycles. The van der Waals surface area contributed by atoms with Gasteiger partial charge in [-0.2, -0.15) is 4.98 Å². The summed E-state index contributed by atoms with van der Waals surface area (Å²) < 4.78 is 24.6. The van der Waals surface area contributed by atoms with Crippen LogP contribution in [0.15, 0.2) is 27.2 Å². The molecule has 1 aromatic heterocycles. The van der Waals surface area contributed by atoms with Crippen LogP contribution in [0.1, 0.15) is 24.8 Å². The summed E-state index contributed by atoms with van der Waals surface area (Å²) in [7, 11) is 0. The van der Waals surface area contributed by atoms with Crippen LogP contribution in [0.25, 0.3) is 11.4 Å². The SMILES string of the molecule is NCC1CCC(c2nc(-c3ccc(F)cc3Br)no2)O1. The maximum atomic E-state index is 13.1. The van der Waals surface area contributed by atoms with Crippen molar-refractivity contribution in [1.82, 2.24) is 10.1 Å². The number of halogens is 2. The van der Waals surface area contributed by atoms with Crippen molar-refractivity contribution in [2.75, 3.05) is 6.54 Å². The summed E-state index contributed by atoms with van der Waals surface area (Å²) >= 11 is 3.29. The molecular weight excluding hydrogens is 329 g/mol. The Morgan fingerprint density at radius 3 is 2.95 bits per heavy atom. The van der Waals surface area contributed by atoms with E-state index in [1.165, 1.54) is 12.1 Å². The molecule has 2 N–H and O–H groups in total. The van der Waals surface area contributed by atoms with Gasteiger partial charge in [0.1, 0.15) is 11.9 Å². The molecule has 1 fully saturated rings. The summed E-state index contributed by atoms with van der Waals surface area (Å²) in [5.74, 6) is 0.521. The second-order valence-corrected chi connectivity index (χ2v) is 5.49. The average molecular weight is 342 g/mol. The predicted octanol–water partition coefficient (Wildman–Crippen LogP) is 2.82. The fourth-order valence-corrected chi connectivity index (χ4v) is 2.74. The number of hydrogen-bond acceptors (Lipinski definition) is 5. The van der Waals surface area contributed by atoms with Gasteiger partial charge in [-0.1, -0.05) is 5.16 Å². The van der Waals surface area contributed by atoms with Gasteiger partial charge in [-0.05, 0) is 47.0 Å². The van der Waals surface area contributed by atoms with E-state index < -0.39 is 0 Å². The molecule has 2 atom stereocenters. The molecule has 2 aromatic rings. The summed E-state index contributed by atoms with van der Waals surface area (Å²) in [4.78, 5) is 4.33. The van der Waals surface area contributed by atoms with Gasteiger partial charge in [0.05, 0.1) is 6.10 Å². The number of ether oxygens (including phenoxy) is 1. The molecule has 7 heteroatoms. The molecule has 20 heavy (non-hydrogen) atoms. The molecule has 0 aliphatic carbocycles. The van der Waals surface area contributed by atoms with Crippen LogP contribution in [0.3, 0.4) is 0 Å². The summed E-state index contributed by atoms with van der Waals surface area (Å²) in [6, 6.07) is 4.32. The second kappa shape index (κ2) is 5.59. The minimum Gasteiger partial charge on any atom is -0.364 e. The van der Waals surface area contributed by atoms with Crippen LogP contribution < -0.4 is 5.73 Å². The van der Waals surface area contributed by atoms with Crippen molar-refractivity contribution >= 4 is 15.9 Å². The number of benzene rings is 1. The zero-order valence-corrected chi connectivity index (χ0v) is 12.1. The highest BCUT2D eigenvalue weighted by Crippen LogP contribution is 2.33. The fourth-order valence-electron chi connectivity index (χ4n) is 2.21. The molecular formula is C13H13BrFN3O2. The van der Waals surface area contributed by atoms with E-state index in [9.17, 15) is 4.39 Å². The van der Waals surface area contributed by atoms with Crippen molar-refractivity contribution in [3.05, 3.63) is 34.4 Å². The lowest BCUT2D eigenvalue weighted by Crippen LogP contribution is -2.18. The highest BCUT2D eigenvalue weighted by molar-refractivity contribution is 9.10. The van der Waals surface area contributed by atoms with Crippen LogP contribution in [0.4, 0.5) is 4.39 Å². The van der Waals surface area contributed by atoms with Gasteiger partial charge < -0.3 is 15.0 Å². The molecule has 0 saturated carbocycles. The molecule has 0 spiro atoms. The Morgan fingerprint density at radius 1 is 1.40 bits per heavy atom. The van der Waals surface area contributed by atoms with E-state index in [2.05, 4.69) is 26.1 Å². The normalized spacial score (nSPS) is 22.4. The molecule has 1 aliphatic rings. The Morgan fingerprint density at radius 2 is 2.25 bits per heavy atom. The Labute approximate surface area is 123 Å². The van der Waals surface area contributed by atoms with Crippen molar-refractivity contribution in [3.8, 4) is 11.4 Å². The van der Waals surface area contributed by atoms with Gasteiger partial charge in [-0.3, -0.25) is 0 Å². The third-order valence-corrected chi connectivity index (χ3v) is 3.92. The number of nitrogens with zero attached hydrogens (tertiary/aromatic N) is 2. The average Bonchev–Trinajstić information content (AvgIpc) is 3.07. The summed E-state index contributed by atoms with van der Waals surface area (Å²) in [6.45, 7) is 0.487. The van der Waals surface area contributed by atoms with Gasteiger partial charge in [0.15, 0.2) is 0 Å². The van der Waals surface area contributed by atoms with E-state index in [1.54, 1.807) is 6.07 Å². The van der Waals surface area contributed by atoms with Gasteiger partial charge in [0.2, 0.25) is 5.82 Å². The standard InChI is InChI=1S/C13H13BrFN3O2/c14-10-5-7(15)1-3-9(10)12-17-13(20-18-12)11-4-2-8(6-16)19-11/h1,3,5,8,11H,2,4,6,16H2. The van der Waals surface area contributed by atoms with Crippen LogP contribution in [-0.2, 0) is 4.74 Å². The summed E-state index contributed by atoms with van der Waals surface area (Å²) in [6.07, 6.45) is 1.55. The van der Waals surface area contributed by atoms with Crippen LogP contribution in [0, 0.1) is 5.82 Å². The minimum atomic E-state index is -0.325. The van der Waals surface area contributed by atoms with E-state index >= 15 is 0 Å². The van der Waals surface area contributed by atoms with Crippen molar-refractivity contribution in [2.24, 2.45) is 5.73 Å². The molecule has 0 bridgehead atoms. The molecule has 0 radical (unpaired) electrons. The zero-order chi connectivity index (χ0) is 14.1. The summed E-state index contributed by atoms with van der Waals surface area (Å²) in [5.41, 5.74) is 6.25. The smallest absolute Gasteiger partial charge is 0.256 e. The monoisotopic (exact) mass is 341 g/mol. The highest BCUT2D eigenvalue weighted by Gasteiger charge is 2.30. The Balaban J connectivity index is 1.83. The first-order valence-corrected chi connectivity index (χ1v) is 7.11. The van der Waals surface area contributed by atoms with Gasteiger partial charge >= 0.3 is 0 Å². The lowest BCUT2D eigenvalue weighted by atomic mass is 10.2. The van der Waals surface area contributed by atoms with Crippen molar-refractivity contribution in [1.29, 1.82) is 0 Å². The predicted molar refractivity (Wildman–Crippen MR) is 73.3 cm³/mol. The maximum absolute atomic E-state index is 13.1. The zero-order valence-electron chi connectivity index (χ0n) is 10.6. The first kappa shape index (κ1) is 13.7. The molecule has 1 aliphatic heterocycles. The van der Waals surface area contributed by atoms with Gasteiger partial charge in [0.25, 0.3) is 5.89 Å². The van der Waals surface area contributed by atoms with Gasteiger partial charge in [-0.15, -0.1) is 0 Å². The van der Waals surface area contributed by atoms with Crippen LogP contribution in [0.2, 0.25) is 0 Å². The van der Waals surface area contributed by atoms with E-state index in [4.69, 9.17) is 15.0 Å². The molecule has 0 amide bonds. The summed E-state index contributed by atoms with van der Waals surface area (Å²) in [5, 5.41) is 3.92. The molecule has 2 unspecified atom stereocenters. The third-order valence-electron chi connectivity index (χ3n) is 3.26. The largest absolute Gasteiger partial charge is 0.364 e. The van der Waals surface area contributed by atoms with Gasteiger partial charge in [0, 0.05) is 16.6 Å². The topological polar surface area (TPSA) is 74.2 Å². The Bertz CT molecular complexity index is 619. The number of rotatable bonds is 3. The van der Waals surface area contributed by atoms with E-state index in [1.807, 2.05) is 0 Å². The lowest BCUT2D eigenvalue weighted by Gasteiger charge is -2.07. The quantitative estimate of drug-likeness (QED) is 0.928. The van der Waals surface area contributed by atoms with Crippen molar-refractivity contribution in [2.45, 2.75) is 25.0 Å².